The summed E-state index contributed by atoms with van der Waals surface area (Å²) in [5, 5.41) is 4.57. The van der Waals surface area contributed by atoms with Crippen molar-refractivity contribution >= 4 is 29.3 Å². The average Bonchev–Trinajstić information content (AvgIpc) is 2.42. The number of benzene rings is 1. The largest absolute Gasteiger partial charge is 0.487 e. The van der Waals surface area contributed by atoms with Crippen molar-refractivity contribution in [1.29, 1.82) is 0 Å². The van der Waals surface area contributed by atoms with Crippen molar-refractivity contribution in [2.45, 2.75) is 13.3 Å². The molecule has 0 aromatic heterocycles. The maximum Gasteiger partial charge on any atom is 0.145 e. The first-order valence-corrected chi connectivity index (χ1v) is 7.56. The molecule has 0 saturated heterocycles. The van der Waals surface area contributed by atoms with Crippen LogP contribution in [0.25, 0.3) is 6.08 Å². The van der Waals surface area contributed by atoms with E-state index in [-0.39, 0.29) is 0 Å². The highest BCUT2D eigenvalue weighted by Crippen LogP contribution is 2.36. The molecule has 0 bridgehead atoms. The van der Waals surface area contributed by atoms with E-state index in [4.69, 9.17) is 32.7 Å². The minimum Gasteiger partial charge on any atom is -0.487 e. The van der Waals surface area contributed by atoms with Crippen LogP contribution < -0.4 is 10.1 Å². The molecule has 0 fully saturated rings. The van der Waals surface area contributed by atoms with Gasteiger partial charge in [0.2, 0.25) is 0 Å². The second kappa shape index (κ2) is 7.89. The van der Waals surface area contributed by atoms with Gasteiger partial charge in [-0.15, -0.1) is 0 Å². The van der Waals surface area contributed by atoms with E-state index in [9.17, 15) is 0 Å². The Kier molecular flexibility index (Phi) is 6.17. The zero-order chi connectivity index (χ0) is 14.4. The van der Waals surface area contributed by atoms with Gasteiger partial charge in [-0.05, 0) is 43.7 Å². The summed E-state index contributed by atoms with van der Waals surface area (Å²) in [6.45, 7) is 5.87. The normalized spacial score (nSPS) is 13.7. The molecule has 110 valence electrons. The van der Waals surface area contributed by atoms with Crippen LogP contribution in [0, 0.1) is 0 Å². The predicted molar refractivity (Wildman–Crippen MR) is 83.9 cm³/mol. The molecule has 1 N–H and O–H groups in total. The maximum absolute atomic E-state index is 6.10. The number of halogens is 2. The van der Waals surface area contributed by atoms with Crippen molar-refractivity contribution < 1.29 is 9.47 Å². The van der Waals surface area contributed by atoms with Crippen molar-refractivity contribution in [3.05, 3.63) is 33.3 Å². The quantitative estimate of drug-likeness (QED) is 0.777. The average molecular weight is 316 g/mol. The molecule has 0 amide bonds. The first-order valence-electron chi connectivity index (χ1n) is 6.80. The Hall–Kier alpha value is -0.740. The molecule has 3 nitrogen and oxygen atoms in total. The van der Waals surface area contributed by atoms with Gasteiger partial charge in [0, 0.05) is 30.3 Å². The molecule has 5 heteroatoms. The summed E-state index contributed by atoms with van der Waals surface area (Å²) in [6.07, 6.45) is 3.10. The van der Waals surface area contributed by atoms with Gasteiger partial charge in [0.1, 0.15) is 12.4 Å². The van der Waals surface area contributed by atoms with Gasteiger partial charge in [0.15, 0.2) is 0 Å². The Labute approximate surface area is 129 Å². The van der Waals surface area contributed by atoms with Crippen LogP contribution in [0.2, 0.25) is 10.0 Å². The van der Waals surface area contributed by atoms with Crippen molar-refractivity contribution in [3.8, 4) is 5.75 Å². The molecule has 0 radical (unpaired) electrons. The Morgan fingerprint density at radius 2 is 2.20 bits per heavy atom. The third kappa shape index (κ3) is 4.38. The van der Waals surface area contributed by atoms with Crippen molar-refractivity contribution in [2.24, 2.45) is 0 Å². The van der Waals surface area contributed by atoms with E-state index >= 15 is 0 Å². The van der Waals surface area contributed by atoms with E-state index < -0.39 is 0 Å². The fourth-order valence-electron chi connectivity index (χ4n) is 2.06. The van der Waals surface area contributed by atoms with Crippen LogP contribution in [0.3, 0.4) is 0 Å². The number of fused-ring (bicyclic) bond motifs is 1. The standard InChI is InChI=1S/C15H19Cl2NO2/c1-2-19-5-3-4-18-9-11-6-12-7-13(16)8-14(17)15(12)20-10-11/h6-8,18H,2-5,9-10H2,1H3. The Bertz CT molecular complexity index is 489. The molecule has 0 unspecified atom stereocenters. The summed E-state index contributed by atoms with van der Waals surface area (Å²) in [4.78, 5) is 0. The van der Waals surface area contributed by atoms with Crippen LogP contribution in [0.4, 0.5) is 0 Å². The third-order valence-corrected chi connectivity index (χ3v) is 3.50. The van der Waals surface area contributed by atoms with Gasteiger partial charge in [-0.1, -0.05) is 23.2 Å². The van der Waals surface area contributed by atoms with Gasteiger partial charge in [-0.25, -0.2) is 0 Å². The Balaban J connectivity index is 1.86. The van der Waals surface area contributed by atoms with E-state index in [1.165, 1.54) is 5.57 Å². The molecule has 20 heavy (non-hydrogen) atoms. The van der Waals surface area contributed by atoms with Gasteiger partial charge >= 0.3 is 0 Å². The van der Waals surface area contributed by atoms with E-state index in [1.54, 1.807) is 6.07 Å². The molecule has 1 aliphatic rings. The minimum atomic E-state index is 0.562. The van der Waals surface area contributed by atoms with Crippen molar-refractivity contribution in [2.75, 3.05) is 32.9 Å². The fourth-order valence-corrected chi connectivity index (χ4v) is 2.62. The molecule has 2 rings (SSSR count). The van der Waals surface area contributed by atoms with E-state index in [1.807, 2.05) is 13.0 Å². The lowest BCUT2D eigenvalue weighted by Gasteiger charge is -2.19. The van der Waals surface area contributed by atoms with E-state index in [0.717, 1.165) is 44.0 Å². The number of ether oxygens (including phenoxy) is 2. The lowest BCUT2D eigenvalue weighted by molar-refractivity contribution is 0.145. The molecule has 1 aromatic carbocycles. The molecular formula is C15H19Cl2NO2. The highest BCUT2D eigenvalue weighted by atomic mass is 35.5. The smallest absolute Gasteiger partial charge is 0.145 e. The van der Waals surface area contributed by atoms with Crippen molar-refractivity contribution in [1.82, 2.24) is 5.32 Å². The number of hydrogen-bond acceptors (Lipinski definition) is 3. The summed E-state index contributed by atoms with van der Waals surface area (Å²) >= 11 is 12.1. The fraction of sp³-hybridized carbons (Fsp3) is 0.467. The SMILES string of the molecule is CCOCCCNCC1=Cc2cc(Cl)cc(Cl)c2OC1. The zero-order valence-electron chi connectivity index (χ0n) is 11.5. The van der Waals surface area contributed by atoms with Gasteiger partial charge in [-0.2, -0.15) is 0 Å². The summed E-state index contributed by atoms with van der Waals surface area (Å²) in [5.74, 6) is 0.719. The molecule has 0 spiro atoms. The van der Waals surface area contributed by atoms with Crippen LogP contribution in [0.15, 0.2) is 17.7 Å². The summed E-state index contributed by atoms with van der Waals surface area (Å²) in [6, 6.07) is 3.57. The second-order valence-electron chi connectivity index (χ2n) is 4.62. The number of hydrogen-bond donors (Lipinski definition) is 1. The van der Waals surface area contributed by atoms with Crippen LogP contribution in [-0.4, -0.2) is 32.9 Å². The van der Waals surface area contributed by atoms with Gasteiger partial charge in [0.05, 0.1) is 5.02 Å². The molecule has 0 aliphatic carbocycles. The van der Waals surface area contributed by atoms with Gasteiger partial charge < -0.3 is 14.8 Å². The third-order valence-electron chi connectivity index (χ3n) is 3.00. The molecule has 1 aromatic rings. The molecule has 1 heterocycles. The van der Waals surface area contributed by atoms with Crippen LogP contribution in [-0.2, 0) is 4.74 Å². The summed E-state index contributed by atoms with van der Waals surface area (Å²) < 4.78 is 11.0. The predicted octanol–water partition coefficient (Wildman–Crippen LogP) is 3.79. The minimum absolute atomic E-state index is 0.562. The number of nitrogens with one attached hydrogen (secondary N) is 1. The highest BCUT2D eigenvalue weighted by Gasteiger charge is 2.15. The van der Waals surface area contributed by atoms with Crippen LogP contribution >= 0.6 is 23.2 Å². The van der Waals surface area contributed by atoms with Crippen LogP contribution in [0.5, 0.6) is 5.75 Å². The summed E-state index contributed by atoms with van der Waals surface area (Å²) in [5.41, 5.74) is 2.13. The number of rotatable bonds is 7. The van der Waals surface area contributed by atoms with Crippen molar-refractivity contribution in [3.63, 3.8) is 0 Å². The molecule has 0 saturated carbocycles. The van der Waals surface area contributed by atoms with Crippen LogP contribution in [0.1, 0.15) is 18.9 Å². The molecule has 0 atom stereocenters. The Morgan fingerprint density at radius 1 is 1.35 bits per heavy atom. The topological polar surface area (TPSA) is 30.5 Å². The highest BCUT2D eigenvalue weighted by molar-refractivity contribution is 6.36. The second-order valence-corrected chi connectivity index (χ2v) is 5.47. The zero-order valence-corrected chi connectivity index (χ0v) is 13.1. The molecular weight excluding hydrogens is 297 g/mol. The van der Waals surface area contributed by atoms with E-state index in [2.05, 4.69) is 11.4 Å². The Morgan fingerprint density at radius 3 is 3.00 bits per heavy atom. The first-order chi connectivity index (χ1) is 9.70. The molecule has 1 aliphatic heterocycles. The monoisotopic (exact) mass is 315 g/mol. The summed E-state index contributed by atoms with van der Waals surface area (Å²) in [7, 11) is 0. The first kappa shape index (κ1) is 15.6. The lowest BCUT2D eigenvalue weighted by Crippen LogP contribution is -2.23. The van der Waals surface area contributed by atoms with E-state index in [0.29, 0.717) is 16.7 Å². The lowest BCUT2D eigenvalue weighted by atomic mass is 10.1. The van der Waals surface area contributed by atoms with Gasteiger partial charge in [-0.3, -0.25) is 0 Å². The maximum atomic E-state index is 6.10. The van der Waals surface area contributed by atoms with Gasteiger partial charge in [0.25, 0.3) is 0 Å².